The zero-order valence-electron chi connectivity index (χ0n) is 15.2. The van der Waals surface area contributed by atoms with Crippen LogP contribution in [-0.2, 0) is 28.4 Å². The third-order valence-electron chi connectivity index (χ3n) is 1.72. The minimum atomic E-state index is -1.45. The Hall–Kier alpha value is -2.92. The molecule has 12 nitrogen and oxygen atoms in total. The van der Waals surface area contributed by atoms with Crippen LogP contribution < -0.4 is 0 Å². The lowest BCUT2D eigenvalue weighted by molar-refractivity contribution is 0.0472. The second-order valence-electron chi connectivity index (χ2n) is 3.83. The fourth-order valence-corrected chi connectivity index (χ4v) is 0.754. The average Bonchev–Trinajstić information content (AvgIpc) is 2.61. The Morgan fingerprint density at radius 2 is 0.962 bits per heavy atom. The van der Waals surface area contributed by atoms with Crippen LogP contribution in [0.25, 0.3) is 0 Å². The Balaban J connectivity index is -0.000000316. The van der Waals surface area contributed by atoms with Crippen LogP contribution in [0.3, 0.4) is 0 Å². The van der Waals surface area contributed by atoms with Crippen LogP contribution in [0.5, 0.6) is 0 Å². The summed E-state index contributed by atoms with van der Waals surface area (Å²) >= 11 is 0. The average molecular weight is 386 g/mol. The molecule has 0 rings (SSSR count). The Kier molecular flexibility index (Phi) is 23.7. The van der Waals surface area contributed by atoms with Crippen molar-refractivity contribution in [3.8, 4) is 0 Å². The van der Waals surface area contributed by atoms with Gasteiger partial charge in [0, 0.05) is 0 Å². The minimum Gasteiger partial charge on any atom is -0.450 e. The Labute approximate surface area is 150 Å². The maximum atomic E-state index is 10.5. The molecule has 0 heterocycles. The van der Waals surface area contributed by atoms with Crippen LogP contribution in [0.4, 0.5) is 19.2 Å². The van der Waals surface area contributed by atoms with Crippen molar-refractivity contribution in [2.24, 2.45) is 0 Å². The SMILES string of the molecule is CCCOC(=O)OCCC.COC(=O)OC.O=C(O)OCCOC(=O)O. The van der Waals surface area contributed by atoms with Crippen molar-refractivity contribution in [1.29, 1.82) is 0 Å². The molecule has 0 atom stereocenters. The van der Waals surface area contributed by atoms with Gasteiger partial charge in [-0.1, -0.05) is 13.8 Å². The van der Waals surface area contributed by atoms with Gasteiger partial charge in [0.2, 0.25) is 0 Å². The molecular formula is C14H26O12. The van der Waals surface area contributed by atoms with Crippen LogP contribution in [0.1, 0.15) is 26.7 Å². The van der Waals surface area contributed by atoms with E-state index in [1.807, 2.05) is 13.8 Å². The molecular weight excluding hydrogens is 360 g/mol. The first-order valence-corrected chi connectivity index (χ1v) is 7.37. The van der Waals surface area contributed by atoms with Crippen molar-refractivity contribution < 1.29 is 57.8 Å². The molecule has 154 valence electrons. The third-order valence-corrected chi connectivity index (χ3v) is 1.72. The number of carboxylic acid groups (broad SMARTS) is 2. The summed E-state index contributed by atoms with van der Waals surface area (Å²) in [6.07, 6.45) is -2.44. The molecule has 0 aromatic carbocycles. The van der Waals surface area contributed by atoms with Gasteiger partial charge in [-0.05, 0) is 12.8 Å². The Morgan fingerprint density at radius 1 is 0.615 bits per heavy atom. The highest BCUT2D eigenvalue weighted by atomic mass is 16.7. The smallest absolute Gasteiger partial charge is 0.450 e. The lowest BCUT2D eigenvalue weighted by atomic mass is 10.5. The van der Waals surface area contributed by atoms with E-state index >= 15 is 0 Å². The van der Waals surface area contributed by atoms with Gasteiger partial charge in [0.25, 0.3) is 0 Å². The van der Waals surface area contributed by atoms with Crippen molar-refractivity contribution >= 4 is 24.6 Å². The van der Waals surface area contributed by atoms with Crippen LogP contribution >= 0.6 is 0 Å². The van der Waals surface area contributed by atoms with E-state index in [0.29, 0.717) is 13.2 Å². The van der Waals surface area contributed by atoms with Gasteiger partial charge in [0.1, 0.15) is 13.2 Å². The normalized spacial score (nSPS) is 8.31. The van der Waals surface area contributed by atoms with Crippen molar-refractivity contribution in [3.63, 3.8) is 0 Å². The third kappa shape index (κ3) is 32.9. The predicted octanol–water partition coefficient (Wildman–Crippen LogP) is 2.73. The van der Waals surface area contributed by atoms with E-state index in [4.69, 9.17) is 10.2 Å². The maximum absolute atomic E-state index is 10.5. The minimum absolute atomic E-state index is 0.276. The van der Waals surface area contributed by atoms with Crippen LogP contribution in [0.2, 0.25) is 0 Å². The largest absolute Gasteiger partial charge is 0.508 e. The Morgan fingerprint density at radius 3 is 1.15 bits per heavy atom. The maximum Gasteiger partial charge on any atom is 0.508 e. The molecule has 0 aliphatic carbocycles. The van der Waals surface area contributed by atoms with E-state index in [9.17, 15) is 19.2 Å². The summed E-state index contributed by atoms with van der Waals surface area (Å²) in [4.78, 5) is 39.5. The summed E-state index contributed by atoms with van der Waals surface area (Å²) in [6.45, 7) is 4.22. The van der Waals surface area contributed by atoms with E-state index < -0.39 is 24.6 Å². The first-order chi connectivity index (χ1) is 12.2. The molecule has 0 bridgehead atoms. The van der Waals surface area contributed by atoms with Gasteiger partial charge in [-0.3, -0.25) is 0 Å². The number of ether oxygens (including phenoxy) is 6. The predicted molar refractivity (Wildman–Crippen MR) is 85.2 cm³/mol. The number of methoxy groups -OCH3 is 2. The second kappa shape index (κ2) is 22.1. The highest BCUT2D eigenvalue weighted by Gasteiger charge is 1.99. The summed E-state index contributed by atoms with van der Waals surface area (Å²) in [7, 11) is 2.51. The molecule has 0 radical (unpaired) electrons. The number of hydrogen-bond donors (Lipinski definition) is 2. The molecule has 12 heteroatoms. The molecule has 0 aromatic heterocycles. The fourth-order valence-electron chi connectivity index (χ4n) is 0.754. The lowest BCUT2D eigenvalue weighted by Crippen LogP contribution is -2.10. The van der Waals surface area contributed by atoms with Gasteiger partial charge in [-0.15, -0.1) is 0 Å². The fraction of sp³-hybridized carbons (Fsp3) is 0.714. The molecule has 2 N–H and O–H groups in total. The first kappa shape index (κ1) is 27.9. The van der Waals surface area contributed by atoms with E-state index in [2.05, 4.69) is 28.4 Å². The number of rotatable bonds is 7. The summed E-state index contributed by atoms with van der Waals surface area (Å²) in [5, 5.41) is 15.7. The summed E-state index contributed by atoms with van der Waals surface area (Å²) in [6, 6.07) is 0. The van der Waals surface area contributed by atoms with Crippen molar-refractivity contribution in [3.05, 3.63) is 0 Å². The van der Waals surface area contributed by atoms with Gasteiger partial charge >= 0.3 is 24.6 Å². The zero-order chi connectivity index (χ0) is 20.8. The standard InChI is InChI=1S/C7H14O3.C4H6O6.C3H6O3/c1-3-5-9-7(8)10-6-4-2;5-3(6)9-1-2-10-4(7)8;1-5-3(4)6-2/h3-6H2,1-2H3;1-2H2,(H,5,6)(H,7,8);1-2H3. The second-order valence-corrected chi connectivity index (χ2v) is 3.83. The van der Waals surface area contributed by atoms with Crippen LogP contribution in [0.15, 0.2) is 0 Å². The van der Waals surface area contributed by atoms with E-state index in [0.717, 1.165) is 12.8 Å². The van der Waals surface area contributed by atoms with E-state index in [1.54, 1.807) is 0 Å². The molecule has 0 aromatic rings. The van der Waals surface area contributed by atoms with Gasteiger partial charge in [0.05, 0.1) is 27.4 Å². The van der Waals surface area contributed by atoms with Crippen LogP contribution in [0, 0.1) is 0 Å². The Bertz CT molecular complexity index is 350. The molecule has 0 fully saturated rings. The monoisotopic (exact) mass is 386 g/mol. The van der Waals surface area contributed by atoms with Crippen molar-refractivity contribution in [1.82, 2.24) is 0 Å². The lowest BCUT2D eigenvalue weighted by Gasteiger charge is -2.02. The number of carbonyl (C=O) groups excluding carboxylic acids is 2. The molecule has 0 amide bonds. The topological polar surface area (TPSA) is 164 Å². The van der Waals surface area contributed by atoms with Crippen molar-refractivity contribution in [2.45, 2.75) is 26.7 Å². The van der Waals surface area contributed by atoms with E-state index in [1.165, 1.54) is 14.2 Å². The molecule has 0 saturated heterocycles. The van der Waals surface area contributed by atoms with Crippen LogP contribution in [-0.4, -0.2) is 75.5 Å². The molecule has 0 spiro atoms. The molecule has 0 aliphatic rings. The zero-order valence-corrected chi connectivity index (χ0v) is 15.2. The van der Waals surface area contributed by atoms with Gasteiger partial charge in [0.15, 0.2) is 0 Å². The summed E-state index contributed by atoms with van der Waals surface area (Å²) in [5.41, 5.74) is 0. The molecule has 0 aliphatic heterocycles. The van der Waals surface area contributed by atoms with Gasteiger partial charge in [-0.25, -0.2) is 19.2 Å². The first-order valence-electron chi connectivity index (χ1n) is 7.37. The summed E-state index contributed by atoms with van der Waals surface area (Å²) in [5.74, 6) is 0. The summed E-state index contributed by atoms with van der Waals surface area (Å²) < 4.78 is 25.2. The molecule has 26 heavy (non-hydrogen) atoms. The highest BCUT2D eigenvalue weighted by molar-refractivity contribution is 5.59. The van der Waals surface area contributed by atoms with E-state index in [-0.39, 0.29) is 13.2 Å². The number of hydrogen-bond acceptors (Lipinski definition) is 10. The quantitative estimate of drug-likeness (QED) is 0.374. The molecule has 0 unspecified atom stereocenters. The highest BCUT2D eigenvalue weighted by Crippen LogP contribution is 1.88. The van der Waals surface area contributed by atoms with Gasteiger partial charge in [-0.2, -0.15) is 0 Å². The molecule has 0 saturated carbocycles. The van der Waals surface area contributed by atoms with Crippen molar-refractivity contribution in [2.75, 3.05) is 40.6 Å². The van der Waals surface area contributed by atoms with Gasteiger partial charge < -0.3 is 38.6 Å². The number of carbonyl (C=O) groups is 4.